The molecule has 4 aliphatic rings. The second-order valence-corrected chi connectivity index (χ2v) is 114. The second-order valence-electron chi connectivity index (χ2n) is 18.0. The quantitative estimate of drug-likeness (QED) is 0.0116. The Hall–Kier alpha value is 13.3. The molecular weight excluding hydrogens is 2670 g/mol. The summed E-state index contributed by atoms with van der Waals surface area (Å²) < 4.78 is 0. The molecule has 0 aromatic carbocycles. The Labute approximate surface area is 956 Å². The third kappa shape index (κ3) is 373. The molecule has 0 spiro atoms. The number of thiol groups is 16. The van der Waals surface area contributed by atoms with Crippen molar-refractivity contribution in [2.75, 3.05) is 314 Å². The van der Waals surface area contributed by atoms with Crippen LogP contribution in [0.1, 0.15) is 0 Å². The van der Waals surface area contributed by atoms with Crippen LogP contribution in [0.5, 0.6) is 0 Å². The van der Waals surface area contributed by atoms with E-state index >= 15 is 0 Å². The number of rotatable bonds is 48. The Kier molecular flexibility index (Phi) is 542. The first-order valence-corrected chi connectivity index (χ1v) is 82.0. The number of nitrogens with one attached hydrogen (secondary N) is 10. The summed E-state index contributed by atoms with van der Waals surface area (Å²) in [7, 11) is 18.0. The maximum atomic E-state index is 5.22. The first-order chi connectivity index (χ1) is 49.0. The van der Waals surface area contributed by atoms with E-state index in [4.69, 9.17) is 103 Å². The standard InChI is InChI=1S/12C4H13N3.4Co.4Ge2S2.16H2S/c12*5-1-3-7-4-2-6;;;;;4*1-3-2-4-1;;;;;;;;;;;;;;;;/h12*7H,1-6H2;;;;;;;;;16*1H2/q;;;;;;;;;;;;4*+2;;;;;;;;;;;;;;;;;;;;/p-8. The van der Waals surface area contributed by atoms with Crippen LogP contribution in [-0.2, 0) is 283 Å². The van der Waals surface area contributed by atoms with Gasteiger partial charge in [0.05, 0.1) is 39.3 Å². The fourth-order valence-corrected chi connectivity index (χ4v) is 44.7. The molecule has 0 aliphatic carbocycles. The van der Waals surface area contributed by atoms with Gasteiger partial charge in [0, 0.05) is 249 Å². The monoisotopic (exact) mass is 2860 g/mol. The van der Waals surface area contributed by atoms with E-state index in [1.807, 2.05) is 0 Å². The van der Waals surface area contributed by atoms with Crippen LogP contribution >= 0.6 is 67.3 Å². The van der Waals surface area contributed by atoms with Gasteiger partial charge in [-0.05, 0) is 0 Å². The van der Waals surface area contributed by atoms with E-state index in [1.54, 1.807) is 0 Å². The summed E-state index contributed by atoms with van der Waals surface area (Å²) in [6, 6.07) is 0. The normalized spacial score (nSPS) is 9.80. The maximum absolute atomic E-state index is 5.22. The molecule has 4 heterocycles. The van der Waals surface area contributed by atoms with Gasteiger partial charge in [0.1, 0.15) is 26.2 Å². The van der Waals surface area contributed by atoms with Gasteiger partial charge in [0.25, 0.3) is 0 Å². The molecule has 4 saturated heterocycles. The minimum atomic E-state index is 0. The second kappa shape index (κ2) is 286. The predicted octanol–water partition coefficient (Wildman–Crippen LogP) is -26.6. The molecule has 4 fully saturated rings. The van der Waals surface area contributed by atoms with Crippen LogP contribution in [0.25, 0.3) is 0 Å². The third-order valence-corrected chi connectivity index (χ3v) is 170. The van der Waals surface area contributed by atoms with Crippen molar-refractivity contribution in [1.82, 2.24) is 53.2 Å². The van der Waals surface area contributed by atoms with Gasteiger partial charge in [-0.3, -0.25) is 0 Å². The molecule has 4 rings (SSSR count). The first-order valence-electron chi connectivity index (χ1n) is 34.3. The fraction of sp³-hybridized carbons (Fsp3) is 1.00. The van der Waals surface area contributed by atoms with Gasteiger partial charge >= 0.3 is 240 Å². The zero-order chi connectivity index (χ0) is 77.7. The van der Waals surface area contributed by atoms with Crippen molar-refractivity contribution in [2.45, 2.75) is 0 Å². The Morgan fingerprint density at radius 3 is 0.308 bits per heavy atom. The first kappa shape index (κ1) is 227. The molecule has 0 amide bonds. The van der Waals surface area contributed by atoms with E-state index in [2.05, 4.69) is 166 Å². The molecule has 0 atom stereocenters. The van der Waals surface area contributed by atoms with E-state index in [0.29, 0.717) is 210 Å². The topological polar surface area (TPSA) is 788 Å². The van der Waals surface area contributed by atoms with Crippen molar-refractivity contribution in [2.24, 2.45) is 103 Å². The molecule has 36 nitrogen and oxygen atoms in total. The molecule has 0 aromatic rings. The average molecular weight is 2850 g/mol. The summed E-state index contributed by atoms with van der Waals surface area (Å²) in [6.07, 6.45) is 0. The molecule has 68 N–H and O–H groups in total. The minimum absolute atomic E-state index is 0. The van der Waals surface area contributed by atoms with Crippen LogP contribution in [0.2, 0.25) is 0 Å². The van der Waals surface area contributed by atoms with E-state index in [9.17, 15) is 0 Å². The van der Waals surface area contributed by atoms with Crippen LogP contribution in [0.15, 0.2) is 0 Å². The van der Waals surface area contributed by atoms with Crippen LogP contribution in [0, 0.1) is 0 Å². The van der Waals surface area contributed by atoms with Gasteiger partial charge in [-0.1, -0.05) is 0 Å². The molecule has 72 heteroatoms. The van der Waals surface area contributed by atoms with Gasteiger partial charge in [-0.2, -0.15) is 0 Å². The van der Waals surface area contributed by atoms with Gasteiger partial charge in [0.15, 0.2) is 0 Å². The van der Waals surface area contributed by atoms with Crippen LogP contribution < -0.4 is 201 Å². The number of hydrogen-bond donors (Lipinski definition) is 36. The Morgan fingerprint density at radius 2 is 0.250 bits per heavy atom. The van der Waals surface area contributed by atoms with Crippen LogP contribution in [-0.4, -0.2) is 419 Å². The molecule has 4 aliphatic heterocycles. The molecular formula is C48H180Co4Ge8N36S24. The molecule has 0 aromatic heterocycles. The molecule has 0 saturated carbocycles. The summed E-state index contributed by atoms with van der Waals surface area (Å²) >= 11 is 4.67. The molecule has 120 heavy (non-hydrogen) atoms. The predicted molar refractivity (Wildman–Crippen MR) is 608 cm³/mol. The van der Waals surface area contributed by atoms with Gasteiger partial charge in [-0.15, -0.1) is 0 Å². The SMILES string of the molecule is NCCNCCN.NCCNCCN.NCCNCCN.NCCNCCN.NCCNCCN.NCCNCCN.NCCNCCN.NCCNCCN.NCC[NH2+]CC[NH3+].NCC[NH2+]CC[NH3+].[Co+2].[Co+2].[Co+2].[Co+2].[NH3+]CCNCC[NH3+].[NH3+]CCNCC[NH3+].[SH-].[SH-].[SH-].[SH-].[SH-].[SH-].[SH-].[SH-].[SH-].[SH-].[SH-].[SH-].[SH-].[SH-].[SH-].[SH-].[S]1[Ge][S][Ge]1.[S]1[Ge][S][Ge]1.[S]1[Ge][S][Ge]1.[S]1[Ge][S][Ge]1. The summed E-state index contributed by atoms with van der Waals surface area (Å²) in [5, 5.41) is 34.9. The zero-order valence-electron chi connectivity index (χ0n) is 70.5. The molecule has 764 valence electrons. The number of nitrogens with two attached hydrogens (primary N) is 20. The van der Waals surface area contributed by atoms with Crippen molar-refractivity contribution < 1.29 is 112 Å². The molecule has 0 unspecified atom stereocenters. The summed E-state index contributed by atoms with van der Waals surface area (Å²) in [4.78, 5) is 0. The van der Waals surface area contributed by atoms with Crippen molar-refractivity contribution in [3.63, 3.8) is 0 Å². The molecule has 20 radical (unpaired) electrons. The van der Waals surface area contributed by atoms with Crippen molar-refractivity contribution in [3.8, 4) is 0 Å². The van der Waals surface area contributed by atoms with E-state index < -0.39 is 0 Å². The zero-order valence-corrected chi connectivity index (χ0v) is 112. The van der Waals surface area contributed by atoms with Gasteiger partial charge < -0.3 is 417 Å². The summed E-state index contributed by atoms with van der Waals surface area (Å²) in [5.74, 6) is 0. The molecule has 0 bridgehead atoms. The third-order valence-electron chi connectivity index (χ3n) is 8.78. The van der Waals surface area contributed by atoms with E-state index in [1.165, 1.54) is 0 Å². The Balaban J connectivity index is -0.0000000227. The van der Waals surface area contributed by atoms with Crippen LogP contribution in [0.4, 0.5) is 0 Å². The fourth-order valence-electron chi connectivity index (χ4n) is 4.36. The van der Waals surface area contributed by atoms with E-state index in [0.717, 1.165) is 209 Å². The number of hydrogen-bond acceptors (Lipinski definition) is 52. The van der Waals surface area contributed by atoms with Gasteiger partial charge in [0.2, 0.25) is 0 Å². The summed E-state index contributed by atoms with van der Waals surface area (Å²) in [6.45, 7) is 40.9. The van der Waals surface area contributed by atoms with Crippen molar-refractivity contribution in [1.29, 1.82) is 0 Å². The Bertz CT molecular complexity index is 855. The van der Waals surface area contributed by atoms with E-state index in [-0.39, 0.29) is 283 Å². The average Bonchev–Trinajstić information content (AvgIpc) is 3.56. The van der Waals surface area contributed by atoms with Crippen LogP contribution in [0.3, 0.4) is 0 Å². The van der Waals surface area contributed by atoms with Crippen molar-refractivity contribution in [3.05, 3.63) is 0 Å². The summed E-state index contributed by atoms with van der Waals surface area (Å²) in [5.41, 5.74) is 115. The number of quaternary nitrogens is 8. The Morgan fingerprint density at radius 1 is 0.158 bits per heavy atom. The van der Waals surface area contributed by atoms with Crippen molar-refractivity contribution >= 4 is 388 Å². The van der Waals surface area contributed by atoms with Gasteiger partial charge in [-0.25, -0.2) is 0 Å².